The van der Waals surface area contributed by atoms with Crippen molar-refractivity contribution in [3.63, 3.8) is 0 Å². The van der Waals surface area contributed by atoms with E-state index in [1.165, 1.54) is 39.1 Å². The molecule has 2 aromatic carbocycles. The van der Waals surface area contributed by atoms with E-state index in [1.54, 1.807) is 0 Å². The third-order valence-corrected chi connectivity index (χ3v) is 4.58. The van der Waals surface area contributed by atoms with Gasteiger partial charge in [-0.05, 0) is 47.2 Å². The second-order valence-electron chi connectivity index (χ2n) is 6.14. The highest BCUT2D eigenvalue weighted by Crippen LogP contribution is 2.37. The number of nitrogens with zero attached hydrogens (tertiary/aromatic N) is 2. The topological polar surface area (TPSA) is 16.8 Å². The molecule has 2 nitrogen and oxygen atoms in total. The number of benzene rings is 2. The maximum atomic E-state index is 5.00. The van der Waals surface area contributed by atoms with Crippen LogP contribution in [0.2, 0.25) is 0 Å². The maximum Gasteiger partial charge on any atom is 0.330 e. The molecule has 108 valence electrons. The lowest BCUT2D eigenvalue weighted by Gasteiger charge is -2.06. The quantitative estimate of drug-likeness (QED) is 0.487. The second kappa shape index (κ2) is 4.77. The molecule has 0 radical (unpaired) electrons. The van der Waals surface area contributed by atoms with Crippen molar-refractivity contribution in [3.05, 3.63) is 71.0 Å². The normalized spacial score (nSPS) is 12.1. The molecule has 3 aromatic rings. The summed E-state index contributed by atoms with van der Waals surface area (Å²) in [6.45, 7) is 4.33. The standard InChI is InChI=1S/C20H19N2/c1-13-7-4-5-10-16(13)20-21-18-11-15-9-6-8-14(2)19(15)17(18)12-22(20)3/h4-10,12H,11H2,1-3H3/q+1. The van der Waals surface area contributed by atoms with Gasteiger partial charge in [0.1, 0.15) is 6.20 Å². The van der Waals surface area contributed by atoms with Gasteiger partial charge in [-0.25, -0.2) is 4.57 Å². The fourth-order valence-electron chi connectivity index (χ4n) is 3.46. The molecule has 0 saturated carbocycles. The monoisotopic (exact) mass is 287 g/mol. The van der Waals surface area contributed by atoms with E-state index < -0.39 is 0 Å². The van der Waals surface area contributed by atoms with E-state index in [1.807, 2.05) is 0 Å². The van der Waals surface area contributed by atoms with Crippen LogP contribution in [-0.4, -0.2) is 4.98 Å². The molecule has 0 bridgehead atoms. The highest BCUT2D eigenvalue weighted by Gasteiger charge is 2.29. The van der Waals surface area contributed by atoms with Crippen LogP contribution in [0.15, 0.2) is 48.7 Å². The smallest absolute Gasteiger partial charge is 0.232 e. The minimum Gasteiger partial charge on any atom is -0.232 e. The first kappa shape index (κ1) is 13.2. The number of hydrogen-bond donors (Lipinski definition) is 0. The highest BCUT2D eigenvalue weighted by atomic mass is 15.0. The van der Waals surface area contributed by atoms with Gasteiger partial charge < -0.3 is 0 Å². The Labute approximate surface area is 131 Å². The predicted molar refractivity (Wildman–Crippen MR) is 88.6 cm³/mol. The van der Waals surface area contributed by atoms with Crippen LogP contribution in [0.5, 0.6) is 0 Å². The molecule has 1 aliphatic rings. The first-order chi connectivity index (χ1) is 10.6. The van der Waals surface area contributed by atoms with Crippen LogP contribution in [0.1, 0.15) is 22.4 Å². The molecule has 4 rings (SSSR count). The van der Waals surface area contributed by atoms with Crippen molar-refractivity contribution >= 4 is 0 Å². The van der Waals surface area contributed by atoms with Crippen LogP contribution in [-0.2, 0) is 13.5 Å². The van der Waals surface area contributed by atoms with Crippen molar-refractivity contribution < 1.29 is 4.57 Å². The van der Waals surface area contributed by atoms with Crippen LogP contribution < -0.4 is 4.57 Å². The summed E-state index contributed by atoms with van der Waals surface area (Å²) in [7, 11) is 2.09. The molecule has 0 amide bonds. The lowest BCUT2D eigenvalue weighted by atomic mass is 10.0. The number of aryl methyl sites for hydroxylation is 3. The van der Waals surface area contributed by atoms with Crippen LogP contribution in [0.3, 0.4) is 0 Å². The van der Waals surface area contributed by atoms with Crippen molar-refractivity contribution in [1.29, 1.82) is 0 Å². The Morgan fingerprint density at radius 3 is 2.50 bits per heavy atom. The zero-order valence-electron chi connectivity index (χ0n) is 13.2. The molecule has 0 saturated heterocycles. The summed E-state index contributed by atoms with van der Waals surface area (Å²) in [4.78, 5) is 5.00. The first-order valence-electron chi connectivity index (χ1n) is 7.69. The minimum absolute atomic E-state index is 0.937. The molecule has 0 fully saturated rings. The van der Waals surface area contributed by atoms with Crippen molar-refractivity contribution in [3.8, 4) is 22.5 Å². The summed E-state index contributed by atoms with van der Waals surface area (Å²) in [6.07, 6.45) is 3.18. The summed E-state index contributed by atoms with van der Waals surface area (Å²) in [6, 6.07) is 15.0. The van der Waals surface area contributed by atoms with Crippen molar-refractivity contribution in [2.24, 2.45) is 7.05 Å². The third kappa shape index (κ3) is 1.87. The van der Waals surface area contributed by atoms with E-state index in [2.05, 4.69) is 74.1 Å². The van der Waals surface area contributed by atoms with E-state index in [-0.39, 0.29) is 0 Å². The van der Waals surface area contributed by atoms with Gasteiger partial charge in [0, 0.05) is 6.42 Å². The van der Waals surface area contributed by atoms with E-state index in [4.69, 9.17) is 4.98 Å². The van der Waals surface area contributed by atoms with Crippen molar-refractivity contribution in [2.45, 2.75) is 20.3 Å². The van der Waals surface area contributed by atoms with Gasteiger partial charge in [0.25, 0.3) is 0 Å². The second-order valence-corrected chi connectivity index (χ2v) is 6.14. The molecule has 1 heterocycles. The highest BCUT2D eigenvalue weighted by molar-refractivity contribution is 5.77. The zero-order valence-corrected chi connectivity index (χ0v) is 13.2. The molecule has 1 aromatic heterocycles. The Morgan fingerprint density at radius 2 is 1.68 bits per heavy atom. The Kier molecular flexibility index (Phi) is 2.86. The van der Waals surface area contributed by atoms with E-state index in [9.17, 15) is 0 Å². The van der Waals surface area contributed by atoms with Gasteiger partial charge in [-0.1, -0.05) is 36.4 Å². The Balaban J connectivity index is 1.93. The summed E-state index contributed by atoms with van der Waals surface area (Å²) < 4.78 is 2.16. The van der Waals surface area contributed by atoms with Gasteiger partial charge in [-0.3, -0.25) is 0 Å². The fourth-order valence-corrected chi connectivity index (χ4v) is 3.46. The third-order valence-electron chi connectivity index (χ3n) is 4.58. The van der Waals surface area contributed by atoms with Gasteiger partial charge in [-0.2, -0.15) is 0 Å². The molecular weight excluding hydrogens is 268 g/mol. The van der Waals surface area contributed by atoms with E-state index in [0.717, 1.165) is 12.2 Å². The number of fused-ring (bicyclic) bond motifs is 3. The van der Waals surface area contributed by atoms with Crippen LogP contribution in [0.25, 0.3) is 22.5 Å². The lowest BCUT2D eigenvalue weighted by Crippen LogP contribution is -2.33. The predicted octanol–water partition coefficient (Wildman–Crippen LogP) is 3.76. The number of hydrogen-bond acceptors (Lipinski definition) is 1. The SMILES string of the molecule is Cc1ccccc1-c1nc2c(c[n+]1C)-c1c(C)cccc1C2. The maximum absolute atomic E-state index is 5.00. The Bertz CT molecular complexity index is 894. The molecule has 1 aliphatic carbocycles. The van der Waals surface area contributed by atoms with E-state index in [0.29, 0.717) is 0 Å². The summed E-state index contributed by atoms with van der Waals surface area (Å²) >= 11 is 0. The number of rotatable bonds is 1. The molecule has 0 unspecified atom stereocenters. The summed E-state index contributed by atoms with van der Waals surface area (Å²) in [5.41, 5.74) is 9.05. The average molecular weight is 287 g/mol. The molecule has 0 spiro atoms. The first-order valence-corrected chi connectivity index (χ1v) is 7.69. The molecule has 2 heteroatoms. The lowest BCUT2D eigenvalue weighted by molar-refractivity contribution is -0.662. The summed E-state index contributed by atoms with van der Waals surface area (Å²) in [5.74, 6) is 1.04. The molecule has 22 heavy (non-hydrogen) atoms. The van der Waals surface area contributed by atoms with Gasteiger partial charge >= 0.3 is 5.82 Å². The number of aromatic nitrogens is 2. The fraction of sp³-hybridized carbons (Fsp3) is 0.200. The summed E-state index contributed by atoms with van der Waals surface area (Å²) in [5, 5.41) is 0. The Hall–Kier alpha value is -2.48. The van der Waals surface area contributed by atoms with Gasteiger partial charge in [-0.15, -0.1) is 0 Å². The van der Waals surface area contributed by atoms with Crippen LogP contribution in [0.4, 0.5) is 0 Å². The van der Waals surface area contributed by atoms with Crippen LogP contribution >= 0.6 is 0 Å². The molecule has 0 N–H and O–H groups in total. The van der Waals surface area contributed by atoms with Crippen molar-refractivity contribution in [1.82, 2.24) is 4.98 Å². The van der Waals surface area contributed by atoms with Crippen LogP contribution in [0, 0.1) is 13.8 Å². The Morgan fingerprint density at radius 1 is 0.909 bits per heavy atom. The molecule has 0 atom stereocenters. The molecule has 0 aliphatic heterocycles. The van der Waals surface area contributed by atoms with Crippen molar-refractivity contribution in [2.75, 3.05) is 0 Å². The van der Waals surface area contributed by atoms with Gasteiger partial charge in [0.15, 0.2) is 5.69 Å². The largest absolute Gasteiger partial charge is 0.330 e. The zero-order chi connectivity index (χ0) is 15.3. The minimum atomic E-state index is 0.937. The average Bonchev–Trinajstić information content (AvgIpc) is 2.86. The van der Waals surface area contributed by atoms with Gasteiger partial charge in [0.05, 0.1) is 18.2 Å². The molecular formula is C20H19N2+. The van der Waals surface area contributed by atoms with Gasteiger partial charge in [0.2, 0.25) is 0 Å². The van der Waals surface area contributed by atoms with E-state index >= 15 is 0 Å².